The second-order valence-corrected chi connectivity index (χ2v) is 5.36. The molecule has 2 heteroatoms. The van der Waals surface area contributed by atoms with Crippen LogP contribution in [-0.2, 0) is 0 Å². The molecule has 90 valence electrons. The average molecular weight is 221 g/mol. The van der Waals surface area contributed by atoms with Crippen molar-refractivity contribution in [2.45, 2.75) is 46.1 Å². The SMILES string of the molecule is Cc1cccc(C(C)C)c1NCC(C)(C)O. The number of nitrogens with one attached hydrogen (secondary N) is 1. The molecule has 0 saturated carbocycles. The van der Waals surface area contributed by atoms with E-state index in [0.29, 0.717) is 12.5 Å². The summed E-state index contributed by atoms with van der Waals surface area (Å²) >= 11 is 0. The summed E-state index contributed by atoms with van der Waals surface area (Å²) in [6.45, 7) is 10.7. The fourth-order valence-corrected chi connectivity index (χ4v) is 1.72. The van der Waals surface area contributed by atoms with Gasteiger partial charge in [-0.1, -0.05) is 32.0 Å². The van der Waals surface area contributed by atoms with Gasteiger partial charge in [-0.25, -0.2) is 0 Å². The minimum atomic E-state index is -0.684. The maximum Gasteiger partial charge on any atom is 0.0763 e. The molecule has 0 saturated heterocycles. The second-order valence-electron chi connectivity index (χ2n) is 5.36. The summed E-state index contributed by atoms with van der Waals surface area (Å²) in [5, 5.41) is 13.1. The molecule has 1 aromatic rings. The van der Waals surface area contributed by atoms with E-state index >= 15 is 0 Å². The summed E-state index contributed by atoms with van der Waals surface area (Å²) in [6.07, 6.45) is 0. The maximum atomic E-state index is 9.74. The molecule has 0 aliphatic carbocycles. The molecule has 1 aromatic carbocycles. The molecule has 0 spiro atoms. The number of aryl methyl sites for hydroxylation is 1. The number of para-hydroxylation sites is 1. The predicted molar refractivity (Wildman–Crippen MR) is 70.1 cm³/mol. The van der Waals surface area contributed by atoms with E-state index in [4.69, 9.17) is 0 Å². The third kappa shape index (κ3) is 3.53. The van der Waals surface area contributed by atoms with E-state index in [1.807, 2.05) is 13.8 Å². The van der Waals surface area contributed by atoms with Crippen LogP contribution in [0.25, 0.3) is 0 Å². The molecule has 16 heavy (non-hydrogen) atoms. The number of aliphatic hydroxyl groups is 1. The zero-order valence-electron chi connectivity index (χ0n) is 11.0. The van der Waals surface area contributed by atoms with Gasteiger partial charge in [-0.15, -0.1) is 0 Å². The van der Waals surface area contributed by atoms with Gasteiger partial charge < -0.3 is 10.4 Å². The number of hydrogen-bond acceptors (Lipinski definition) is 2. The summed E-state index contributed by atoms with van der Waals surface area (Å²) < 4.78 is 0. The van der Waals surface area contributed by atoms with Crippen molar-refractivity contribution >= 4 is 5.69 Å². The molecular formula is C14H23NO. The monoisotopic (exact) mass is 221 g/mol. The highest BCUT2D eigenvalue weighted by molar-refractivity contribution is 5.58. The fraction of sp³-hybridized carbons (Fsp3) is 0.571. The van der Waals surface area contributed by atoms with Crippen LogP contribution < -0.4 is 5.32 Å². The standard InChI is InChI=1S/C14H23NO/c1-10(2)12-8-6-7-11(3)13(12)15-9-14(4,5)16/h6-8,10,15-16H,9H2,1-5H3. The van der Waals surface area contributed by atoms with Crippen LogP contribution in [0.2, 0.25) is 0 Å². The summed E-state index contributed by atoms with van der Waals surface area (Å²) in [5.41, 5.74) is 3.02. The molecule has 0 unspecified atom stereocenters. The summed E-state index contributed by atoms with van der Waals surface area (Å²) in [6, 6.07) is 6.32. The van der Waals surface area contributed by atoms with Crippen LogP contribution in [-0.4, -0.2) is 17.3 Å². The molecule has 0 aliphatic rings. The van der Waals surface area contributed by atoms with Gasteiger partial charge in [0.05, 0.1) is 5.60 Å². The van der Waals surface area contributed by atoms with Crippen molar-refractivity contribution in [2.24, 2.45) is 0 Å². The van der Waals surface area contributed by atoms with Gasteiger partial charge >= 0.3 is 0 Å². The number of benzene rings is 1. The summed E-state index contributed by atoms with van der Waals surface area (Å²) in [5.74, 6) is 0.490. The summed E-state index contributed by atoms with van der Waals surface area (Å²) in [4.78, 5) is 0. The molecule has 1 rings (SSSR count). The molecule has 0 atom stereocenters. The molecule has 0 aromatic heterocycles. The minimum Gasteiger partial charge on any atom is -0.389 e. The smallest absolute Gasteiger partial charge is 0.0763 e. The lowest BCUT2D eigenvalue weighted by Crippen LogP contribution is -2.29. The minimum absolute atomic E-state index is 0.490. The van der Waals surface area contributed by atoms with Gasteiger partial charge in [-0.3, -0.25) is 0 Å². The quantitative estimate of drug-likeness (QED) is 0.817. The molecule has 0 radical (unpaired) electrons. The first-order valence-electron chi connectivity index (χ1n) is 5.87. The van der Waals surface area contributed by atoms with E-state index in [0.717, 1.165) is 0 Å². The van der Waals surface area contributed by atoms with Gasteiger partial charge in [0.25, 0.3) is 0 Å². The first kappa shape index (κ1) is 13.0. The van der Waals surface area contributed by atoms with Crippen LogP contribution >= 0.6 is 0 Å². The van der Waals surface area contributed by atoms with Crippen molar-refractivity contribution in [1.82, 2.24) is 0 Å². The van der Waals surface area contributed by atoms with E-state index < -0.39 is 5.60 Å². The molecular weight excluding hydrogens is 198 g/mol. The van der Waals surface area contributed by atoms with E-state index in [2.05, 4.69) is 44.3 Å². The van der Waals surface area contributed by atoms with Crippen molar-refractivity contribution in [3.8, 4) is 0 Å². The Kier molecular flexibility index (Phi) is 3.98. The lowest BCUT2D eigenvalue weighted by Gasteiger charge is -2.22. The van der Waals surface area contributed by atoms with E-state index in [1.165, 1.54) is 16.8 Å². The zero-order chi connectivity index (χ0) is 12.3. The predicted octanol–water partition coefficient (Wildman–Crippen LogP) is 3.30. The van der Waals surface area contributed by atoms with Crippen molar-refractivity contribution in [2.75, 3.05) is 11.9 Å². The fourth-order valence-electron chi connectivity index (χ4n) is 1.72. The first-order chi connectivity index (χ1) is 7.31. The molecule has 2 nitrogen and oxygen atoms in total. The highest BCUT2D eigenvalue weighted by atomic mass is 16.3. The van der Waals surface area contributed by atoms with Crippen molar-refractivity contribution in [3.63, 3.8) is 0 Å². The normalized spacial score (nSPS) is 11.9. The average Bonchev–Trinajstić information content (AvgIpc) is 2.13. The van der Waals surface area contributed by atoms with Crippen LogP contribution in [0, 0.1) is 6.92 Å². The number of anilines is 1. The lowest BCUT2D eigenvalue weighted by atomic mass is 9.97. The third-order valence-electron chi connectivity index (χ3n) is 2.62. The Bertz CT molecular complexity index is 350. The van der Waals surface area contributed by atoms with E-state index in [1.54, 1.807) is 0 Å². The van der Waals surface area contributed by atoms with Crippen molar-refractivity contribution in [1.29, 1.82) is 0 Å². The van der Waals surface area contributed by atoms with Crippen LogP contribution in [0.15, 0.2) is 18.2 Å². The highest BCUT2D eigenvalue weighted by Gasteiger charge is 2.14. The molecule has 0 fully saturated rings. The molecule has 2 N–H and O–H groups in total. The topological polar surface area (TPSA) is 32.3 Å². The van der Waals surface area contributed by atoms with Gasteiger partial charge in [0.2, 0.25) is 0 Å². The highest BCUT2D eigenvalue weighted by Crippen LogP contribution is 2.27. The Balaban J connectivity index is 2.93. The second kappa shape index (κ2) is 4.88. The van der Waals surface area contributed by atoms with E-state index in [9.17, 15) is 5.11 Å². The Morgan fingerprint density at radius 3 is 2.44 bits per heavy atom. The Morgan fingerprint density at radius 1 is 1.31 bits per heavy atom. The van der Waals surface area contributed by atoms with Crippen LogP contribution in [0.4, 0.5) is 5.69 Å². The molecule has 0 heterocycles. The molecule has 0 amide bonds. The van der Waals surface area contributed by atoms with Gasteiger partial charge in [-0.05, 0) is 37.8 Å². The van der Waals surface area contributed by atoms with E-state index in [-0.39, 0.29) is 0 Å². The zero-order valence-corrected chi connectivity index (χ0v) is 11.0. The van der Waals surface area contributed by atoms with Gasteiger partial charge in [0.15, 0.2) is 0 Å². The van der Waals surface area contributed by atoms with Crippen molar-refractivity contribution in [3.05, 3.63) is 29.3 Å². The van der Waals surface area contributed by atoms with Crippen LogP contribution in [0.5, 0.6) is 0 Å². The first-order valence-corrected chi connectivity index (χ1v) is 5.87. The Morgan fingerprint density at radius 2 is 1.94 bits per heavy atom. The van der Waals surface area contributed by atoms with Gasteiger partial charge in [0, 0.05) is 12.2 Å². The molecule has 0 aliphatic heterocycles. The maximum absolute atomic E-state index is 9.74. The van der Waals surface area contributed by atoms with Gasteiger partial charge in [-0.2, -0.15) is 0 Å². The summed E-state index contributed by atoms with van der Waals surface area (Å²) in [7, 11) is 0. The lowest BCUT2D eigenvalue weighted by molar-refractivity contribution is 0.0945. The Hall–Kier alpha value is -1.02. The molecule has 0 bridgehead atoms. The third-order valence-corrected chi connectivity index (χ3v) is 2.62. The van der Waals surface area contributed by atoms with Crippen LogP contribution in [0.1, 0.15) is 44.7 Å². The van der Waals surface area contributed by atoms with Crippen molar-refractivity contribution < 1.29 is 5.11 Å². The van der Waals surface area contributed by atoms with Gasteiger partial charge in [0.1, 0.15) is 0 Å². The Labute approximate surface area is 98.7 Å². The number of rotatable bonds is 4. The van der Waals surface area contributed by atoms with Crippen LogP contribution in [0.3, 0.4) is 0 Å². The number of hydrogen-bond donors (Lipinski definition) is 2. The largest absolute Gasteiger partial charge is 0.389 e.